The predicted molar refractivity (Wildman–Crippen MR) is 147 cm³/mol. The van der Waals surface area contributed by atoms with Crippen LogP contribution in [0.4, 0.5) is 11.4 Å². The highest BCUT2D eigenvalue weighted by molar-refractivity contribution is 6.05. The Hall–Kier alpha value is -4.21. The van der Waals surface area contributed by atoms with Crippen molar-refractivity contribution in [2.45, 2.75) is 32.4 Å². The molecule has 2 aliphatic rings. The zero-order valence-corrected chi connectivity index (χ0v) is 21.8. The number of benzene rings is 3. The lowest BCUT2D eigenvalue weighted by Crippen LogP contribution is -2.34. The van der Waals surface area contributed by atoms with Gasteiger partial charge in [0.25, 0.3) is 0 Å². The van der Waals surface area contributed by atoms with Gasteiger partial charge in [0, 0.05) is 24.2 Å². The Morgan fingerprint density at radius 3 is 2.54 bits per heavy atom. The summed E-state index contributed by atoms with van der Waals surface area (Å²) in [6, 6.07) is 25.2. The van der Waals surface area contributed by atoms with Crippen LogP contribution >= 0.6 is 0 Å². The molecular formula is C30H32N4O5. The molecule has 2 heterocycles. The largest absolute Gasteiger partial charge is 0.494 e. The maximum absolute atomic E-state index is 13.1. The summed E-state index contributed by atoms with van der Waals surface area (Å²) in [5, 5.41) is 2.77. The Labute approximate surface area is 227 Å². The molecule has 0 bridgehead atoms. The highest BCUT2D eigenvalue weighted by atomic mass is 17.2. The second-order valence-electron chi connectivity index (χ2n) is 9.39. The number of amides is 2. The molecule has 2 aliphatic heterocycles. The van der Waals surface area contributed by atoms with Crippen LogP contribution in [0.15, 0.2) is 83.9 Å². The number of nitrogens with one attached hydrogen (secondary N) is 1. The van der Waals surface area contributed by atoms with Gasteiger partial charge in [0.05, 0.1) is 18.8 Å². The van der Waals surface area contributed by atoms with Crippen LogP contribution in [0, 0.1) is 0 Å². The summed E-state index contributed by atoms with van der Waals surface area (Å²) in [6.07, 6.45) is 1.85. The minimum Gasteiger partial charge on any atom is -0.494 e. The summed E-state index contributed by atoms with van der Waals surface area (Å²) in [6.45, 7) is 2.46. The average molecular weight is 529 g/mol. The molecule has 1 N–H and O–H groups in total. The van der Waals surface area contributed by atoms with Crippen molar-refractivity contribution in [3.8, 4) is 5.75 Å². The Morgan fingerprint density at radius 2 is 1.72 bits per heavy atom. The van der Waals surface area contributed by atoms with Crippen molar-refractivity contribution in [2.24, 2.45) is 4.99 Å². The van der Waals surface area contributed by atoms with Crippen LogP contribution in [0.2, 0.25) is 0 Å². The number of anilines is 1. The SMILES string of the molecule is O=C1CN2Cc3cc(OCCCCC(=O)N(CCOOCc4ccccc4)c4ccccc4)ccc3N=C2N1. The van der Waals surface area contributed by atoms with Crippen molar-refractivity contribution in [3.05, 3.63) is 90.0 Å². The number of carbonyl (C=O) groups excluding carboxylic acids is 2. The molecule has 1 saturated heterocycles. The summed E-state index contributed by atoms with van der Waals surface area (Å²) in [5.74, 6) is 1.36. The molecule has 202 valence electrons. The lowest BCUT2D eigenvalue weighted by atomic mass is 10.1. The fourth-order valence-electron chi connectivity index (χ4n) is 4.51. The molecule has 1 fully saturated rings. The molecule has 0 unspecified atom stereocenters. The molecule has 9 nitrogen and oxygen atoms in total. The van der Waals surface area contributed by atoms with Gasteiger partial charge in [0.1, 0.15) is 25.5 Å². The summed E-state index contributed by atoms with van der Waals surface area (Å²) >= 11 is 0. The minimum atomic E-state index is -0.0395. The van der Waals surface area contributed by atoms with Gasteiger partial charge in [0.2, 0.25) is 17.8 Å². The highest BCUT2D eigenvalue weighted by Crippen LogP contribution is 2.30. The Bertz CT molecular complexity index is 1300. The van der Waals surface area contributed by atoms with Crippen molar-refractivity contribution in [1.82, 2.24) is 10.2 Å². The standard InChI is InChI=1S/C30H32N4O5/c35-28-21-33-20-24-19-26(14-15-27(24)31-30(33)32-28)37-17-8-7-13-29(36)34(25-11-5-2-6-12-25)16-18-38-39-22-23-9-3-1-4-10-23/h1-6,9-12,14-15,19H,7-8,13,16-18,20-22H2,(H,31,32,35). The zero-order chi connectivity index (χ0) is 26.9. The van der Waals surface area contributed by atoms with Crippen LogP contribution in [0.5, 0.6) is 5.75 Å². The lowest BCUT2D eigenvalue weighted by molar-refractivity contribution is -0.301. The van der Waals surface area contributed by atoms with E-state index < -0.39 is 0 Å². The van der Waals surface area contributed by atoms with Crippen molar-refractivity contribution < 1.29 is 24.1 Å². The van der Waals surface area contributed by atoms with Gasteiger partial charge in [-0.3, -0.25) is 14.9 Å². The fraction of sp³-hybridized carbons (Fsp3) is 0.300. The number of para-hydroxylation sites is 1. The number of carbonyl (C=O) groups is 2. The van der Waals surface area contributed by atoms with Gasteiger partial charge in [-0.1, -0.05) is 48.5 Å². The van der Waals surface area contributed by atoms with E-state index in [1.54, 1.807) is 4.90 Å². The molecule has 0 spiro atoms. The lowest BCUT2D eigenvalue weighted by Gasteiger charge is -2.23. The molecule has 2 amide bonds. The normalized spacial score (nSPS) is 13.8. The van der Waals surface area contributed by atoms with Crippen LogP contribution in [0.3, 0.4) is 0 Å². The minimum absolute atomic E-state index is 0.0316. The zero-order valence-electron chi connectivity index (χ0n) is 21.8. The molecule has 0 radical (unpaired) electrons. The summed E-state index contributed by atoms with van der Waals surface area (Å²) in [7, 11) is 0. The van der Waals surface area contributed by atoms with Gasteiger partial charge in [-0.05, 0) is 48.7 Å². The number of hydrogen-bond donors (Lipinski definition) is 1. The molecule has 0 atom stereocenters. The third kappa shape index (κ3) is 7.22. The molecule has 0 saturated carbocycles. The summed E-state index contributed by atoms with van der Waals surface area (Å²) in [5.41, 5.74) is 3.72. The van der Waals surface area contributed by atoms with Gasteiger partial charge in [0.15, 0.2) is 0 Å². The van der Waals surface area contributed by atoms with E-state index in [2.05, 4.69) is 10.3 Å². The monoisotopic (exact) mass is 528 g/mol. The quantitative estimate of drug-likeness (QED) is 0.201. The molecule has 5 rings (SSSR count). The van der Waals surface area contributed by atoms with Gasteiger partial charge < -0.3 is 14.5 Å². The van der Waals surface area contributed by atoms with Crippen LogP contribution in [-0.4, -0.2) is 49.0 Å². The van der Waals surface area contributed by atoms with E-state index in [4.69, 9.17) is 14.5 Å². The van der Waals surface area contributed by atoms with Gasteiger partial charge >= 0.3 is 0 Å². The smallest absolute Gasteiger partial charge is 0.246 e. The first kappa shape index (κ1) is 26.4. The predicted octanol–water partition coefficient (Wildman–Crippen LogP) is 4.35. The molecule has 3 aromatic carbocycles. The van der Waals surface area contributed by atoms with E-state index in [0.717, 1.165) is 34.7 Å². The number of ether oxygens (including phenoxy) is 1. The van der Waals surface area contributed by atoms with E-state index in [1.165, 1.54) is 0 Å². The van der Waals surface area contributed by atoms with Crippen molar-refractivity contribution >= 4 is 29.1 Å². The first-order valence-corrected chi connectivity index (χ1v) is 13.2. The number of unbranched alkanes of at least 4 members (excludes halogenated alkanes) is 1. The molecule has 0 aromatic heterocycles. The van der Waals surface area contributed by atoms with Gasteiger partial charge in [-0.15, -0.1) is 0 Å². The second kappa shape index (κ2) is 13.0. The number of aliphatic imine (C=N–C) groups is 1. The van der Waals surface area contributed by atoms with Gasteiger partial charge in [-0.2, -0.15) is 0 Å². The third-order valence-electron chi connectivity index (χ3n) is 6.50. The maximum Gasteiger partial charge on any atom is 0.246 e. The second-order valence-corrected chi connectivity index (χ2v) is 9.39. The molecular weight excluding hydrogens is 496 g/mol. The summed E-state index contributed by atoms with van der Waals surface area (Å²) < 4.78 is 5.95. The number of fused-ring (bicyclic) bond motifs is 2. The van der Waals surface area contributed by atoms with E-state index in [0.29, 0.717) is 51.6 Å². The van der Waals surface area contributed by atoms with E-state index >= 15 is 0 Å². The topological polar surface area (TPSA) is 92.7 Å². The van der Waals surface area contributed by atoms with E-state index in [-0.39, 0.29) is 18.4 Å². The van der Waals surface area contributed by atoms with E-state index in [9.17, 15) is 9.59 Å². The first-order chi connectivity index (χ1) is 19.2. The Morgan fingerprint density at radius 1 is 0.923 bits per heavy atom. The molecule has 0 aliphatic carbocycles. The fourth-order valence-corrected chi connectivity index (χ4v) is 4.51. The van der Waals surface area contributed by atoms with Crippen LogP contribution in [-0.2, 0) is 32.5 Å². The number of guanidine groups is 1. The van der Waals surface area contributed by atoms with E-state index in [1.807, 2.05) is 83.8 Å². The highest BCUT2D eigenvalue weighted by Gasteiger charge is 2.29. The van der Waals surface area contributed by atoms with Gasteiger partial charge in [-0.25, -0.2) is 14.8 Å². The number of nitrogens with zero attached hydrogens (tertiary/aromatic N) is 3. The van der Waals surface area contributed by atoms with Crippen molar-refractivity contribution in [3.63, 3.8) is 0 Å². The molecule has 3 aromatic rings. The average Bonchev–Trinajstić information content (AvgIpc) is 3.33. The Balaban J connectivity index is 1.05. The van der Waals surface area contributed by atoms with Crippen LogP contribution in [0.25, 0.3) is 0 Å². The molecule has 39 heavy (non-hydrogen) atoms. The third-order valence-corrected chi connectivity index (χ3v) is 6.50. The van der Waals surface area contributed by atoms with Crippen LogP contribution in [0.1, 0.15) is 30.4 Å². The maximum atomic E-state index is 13.1. The number of rotatable bonds is 13. The van der Waals surface area contributed by atoms with Crippen LogP contribution < -0.4 is 15.0 Å². The number of hydrogen-bond acceptors (Lipinski definition) is 7. The molecule has 9 heteroatoms. The summed E-state index contributed by atoms with van der Waals surface area (Å²) in [4.78, 5) is 43.5. The van der Waals surface area contributed by atoms with Crippen molar-refractivity contribution in [2.75, 3.05) is 31.2 Å². The Kier molecular flexibility index (Phi) is 8.82. The van der Waals surface area contributed by atoms with Crippen molar-refractivity contribution in [1.29, 1.82) is 0 Å². The first-order valence-electron chi connectivity index (χ1n) is 13.2.